The lowest BCUT2D eigenvalue weighted by molar-refractivity contribution is 0.200. The number of nitrogens with one attached hydrogen (secondary N) is 1. The van der Waals surface area contributed by atoms with Crippen molar-refractivity contribution >= 4 is 21.4 Å². The first kappa shape index (κ1) is 22.0. The molecule has 0 aliphatic carbocycles. The molecule has 5 rings (SSSR count). The topological polar surface area (TPSA) is 33.7 Å². The van der Waals surface area contributed by atoms with Gasteiger partial charge in [-0.05, 0) is 47.7 Å². The van der Waals surface area contributed by atoms with Crippen LogP contribution in [0, 0.1) is 0 Å². The summed E-state index contributed by atoms with van der Waals surface area (Å²) < 4.78 is 13.5. The van der Waals surface area contributed by atoms with Crippen LogP contribution in [0.25, 0.3) is 10.1 Å². The first-order chi connectivity index (χ1) is 16.3. The minimum Gasteiger partial charge on any atom is -0.490 e. The second-order valence-corrected chi connectivity index (χ2v) is 9.40. The number of benzene rings is 3. The number of rotatable bonds is 8. The Morgan fingerprint density at radius 3 is 2.45 bits per heavy atom. The van der Waals surface area contributed by atoms with Gasteiger partial charge in [0.1, 0.15) is 6.61 Å². The normalized spacial score (nSPS) is 15.4. The Bertz CT molecular complexity index is 1150. The van der Waals surface area contributed by atoms with Gasteiger partial charge in [-0.25, -0.2) is 0 Å². The van der Waals surface area contributed by atoms with Gasteiger partial charge in [0.05, 0.1) is 12.6 Å². The van der Waals surface area contributed by atoms with Crippen LogP contribution in [0.5, 0.6) is 11.5 Å². The third-order valence-electron chi connectivity index (χ3n) is 6.05. The molecule has 3 aromatic carbocycles. The molecule has 0 radical (unpaired) electrons. The maximum Gasteiger partial charge on any atom is 0.161 e. The Morgan fingerprint density at radius 2 is 1.67 bits per heavy atom. The summed E-state index contributed by atoms with van der Waals surface area (Å²) in [6.45, 7) is 7.22. The van der Waals surface area contributed by atoms with E-state index in [2.05, 4.69) is 70.9 Å². The van der Waals surface area contributed by atoms with Crippen LogP contribution in [0.2, 0.25) is 0 Å². The Labute approximate surface area is 199 Å². The lowest BCUT2D eigenvalue weighted by Crippen LogP contribution is -2.45. The van der Waals surface area contributed by atoms with E-state index in [0.29, 0.717) is 13.2 Å². The third-order valence-corrected chi connectivity index (χ3v) is 7.22. The van der Waals surface area contributed by atoms with Crippen molar-refractivity contribution in [3.8, 4) is 11.5 Å². The quantitative estimate of drug-likeness (QED) is 0.358. The van der Waals surface area contributed by atoms with Crippen molar-refractivity contribution in [3.63, 3.8) is 0 Å². The number of fused-ring (bicyclic) bond motifs is 1. The van der Waals surface area contributed by atoms with E-state index in [-0.39, 0.29) is 6.04 Å². The zero-order valence-electron chi connectivity index (χ0n) is 19.0. The van der Waals surface area contributed by atoms with Crippen molar-refractivity contribution in [2.75, 3.05) is 32.8 Å². The fraction of sp³-hybridized carbons (Fsp3) is 0.286. The number of piperazine rings is 1. The van der Waals surface area contributed by atoms with Gasteiger partial charge >= 0.3 is 0 Å². The fourth-order valence-electron chi connectivity index (χ4n) is 4.45. The van der Waals surface area contributed by atoms with Crippen LogP contribution in [0.1, 0.15) is 29.0 Å². The standard InChI is InChI=1S/C28H30N2O2S/c1-2-31-25-18-23(12-13-24(25)32-20-21-8-4-3-5-9-21)28(30-16-14-29-15-17-30)27-19-22-10-6-7-11-26(22)33-27/h3-13,18-19,28-29H,2,14-17,20H2,1H3. The molecule has 1 aliphatic rings. The molecule has 33 heavy (non-hydrogen) atoms. The molecular weight excluding hydrogens is 428 g/mol. The van der Waals surface area contributed by atoms with Gasteiger partial charge in [0.2, 0.25) is 0 Å². The molecule has 1 aliphatic heterocycles. The van der Waals surface area contributed by atoms with Crippen LogP contribution in [-0.4, -0.2) is 37.7 Å². The number of thiophene rings is 1. The summed E-state index contributed by atoms with van der Waals surface area (Å²) in [5.74, 6) is 1.60. The molecule has 1 unspecified atom stereocenters. The average Bonchev–Trinajstić information content (AvgIpc) is 3.29. The SMILES string of the molecule is CCOc1cc(C(c2cc3ccccc3s2)N2CCNCC2)ccc1OCc1ccccc1. The largest absolute Gasteiger partial charge is 0.490 e. The van der Waals surface area contributed by atoms with Crippen LogP contribution >= 0.6 is 11.3 Å². The number of nitrogens with zero attached hydrogens (tertiary/aromatic N) is 1. The highest BCUT2D eigenvalue weighted by molar-refractivity contribution is 7.19. The van der Waals surface area contributed by atoms with Crippen LogP contribution in [0.3, 0.4) is 0 Å². The smallest absolute Gasteiger partial charge is 0.161 e. The van der Waals surface area contributed by atoms with E-state index in [1.54, 1.807) is 0 Å². The van der Waals surface area contributed by atoms with E-state index in [1.165, 1.54) is 20.5 Å². The van der Waals surface area contributed by atoms with E-state index >= 15 is 0 Å². The molecule has 1 fully saturated rings. The molecule has 0 saturated carbocycles. The Hall–Kier alpha value is -2.86. The third kappa shape index (κ3) is 5.06. The number of hydrogen-bond donors (Lipinski definition) is 1. The molecular formula is C28H30N2O2S. The first-order valence-electron chi connectivity index (χ1n) is 11.7. The Balaban J connectivity index is 1.49. The van der Waals surface area contributed by atoms with Gasteiger partial charge in [0, 0.05) is 35.8 Å². The predicted molar refractivity (Wildman–Crippen MR) is 136 cm³/mol. The number of hydrogen-bond acceptors (Lipinski definition) is 5. The monoisotopic (exact) mass is 458 g/mol. The highest BCUT2D eigenvalue weighted by Gasteiger charge is 2.26. The van der Waals surface area contributed by atoms with Crippen molar-refractivity contribution in [1.29, 1.82) is 0 Å². The second kappa shape index (κ2) is 10.4. The zero-order valence-corrected chi connectivity index (χ0v) is 19.8. The van der Waals surface area contributed by atoms with Crippen molar-refractivity contribution in [1.82, 2.24) is 10.2 Å². The predicted octanol–water partition coefficient (Wildman–Crippen LogP) is 5.87. The van der Waals surface area contributed by atoms with E-state index < -0.39 is 0 Å². The van der Waals surface area contributed by atoms with Gasteiger partial charge in [0.15, 0.2) is 11.5 Å². The maximum absolute atomic E-state index is 6.16. The van der Waals surface area contributed by atoms with E-state index in [1.807, 2.05) is 36.5 Å². The first-order valence-corrected chi connectivity index (χ1v) is 12.5. The molecule has 1 N–H and O–H groups in total. The molecule has 0 bridgehead atoms. The van der Waals surface area contributed by atoms with Crippen LogP contribution in [-0.2, 0) is 6.61 Å². The second-order valence-electron chi connectivity index (χ2n) is 8.29. The van der Waals surface area contributed by atoms with Gasteiger partial charge in [0.25, 0.3) is 0 Å². The van der Waals surface area contributed by atoms with Crippen molar-refractivity contribution < 1.29 is 9.47 Å². The van der Waals surface area contributed by atoms with E-state index in [9.17, 15) is 0 Å². The summed E-state index contributed by atoms with van der Waals surface area (Å²) in [5, 5.41) is 4.80. The van der Waals surface area contributed by atoms with Gasteiger partial charge in [-0.2, -0.15) is 0 Å². The van der Waals surface area contributed by atoms with Crippen LogP contribution in [0.4, 0.5) is 0 Å². The maximum atomic E-state index is 6.16. The highest BCUT2D eigenvalue weighted by atomic mass is 32.1. The summed E-state index contributed by atoms with van der Waals surface area (Å²) in [4.78, 5) is 3.95. The van der Waals surface area contributed by atoms with Crippen molar-refractivity contribution in [2.45, 2.75) is 19.6 Å². The van der Waals surface area contributed by atoms with Gasteiger partial charge in [-0.15, -0.1) is 11.3 Å². The molecule has 4 nitrogen and oxygen atoms in total. The summed E-state index contributed by atoms with van der Waals surface area (Å²) in [5.41, 5.74) is 2.40. The molecule has 1 aromatic heterocycles. The molecule has 0 amide bonds. The summed E-state index contributed by atoms with van der Waals surface area (Å²) in [6, 6.07) is 27.9. The lowest BCUT2D eigenvalue weighted by atomic mass is 10.0. The lowest BCUT2D eigenvalue weighted by Gasteiger charge is -2.35. The van der Waals surface area contributed by atoms with E-state index in [0.717, 1.165) is 43.2 Å². The minimum atomic E-state index is 0.201. The summed E-state index contributed by atoms with van der Waals surface area (Å²) in [6.07, 6.45) is 0. The minimum absolute atomic E-state index is 0.201. The van der Waals surface area contributed by atoms with Gasteiger partial charge in [-0.1, -0.05) is 54.6 Å². The summed E-state index contributed by atoms with van der Waals surface area (Å²) >= 11 is 1.89. The molecule has 5 heteroatoms. The molecule has 170 valence electrons. The fourth-order valence-corrected chi connectivity index (χ4v) is 5.68. The van der Waals surface area contributed by atoms with Gasteiger partial charge in [-0.3, -0.25) is 4.90 Å². The highest BCUT2D eigenvalue weighted by Crippen LogP contribution is 2.40. The van der Waals surface area contributed by atoms with Crippen LogP contribution in [0.15, 0.2) is 78.9 Å². The van der Waals surface area contributed by atoms with E-state index in [4.69, 9.17) is 9.47 Å². The molecule has 2 heterocycles. The average molecular weight is 459 g/mol. The molecule has 0 spiro atoms. The van der Waals surface area contributed by atoms with Gasteiger partial charge < -0.3 is 14.8 Å². The zero-order chi connectivity index (χ0) is 22.5. The van der Waals surface area contributed by atoms with Crippen LogP contribution < -0.4 is 14.8 Å². The Morgan fingerprint density at radius 1 is 0.879 bits per heavy atom. The molecule has 1 saturated heterocycles. The van der Waals surface area contributed by atoms with Crippen molar-refractivity contribution in [3.05, 3.63) is 94.9 Å². The summed E-state index contributed by atoms with van der Waals surface area (Å²) in [7, 11) is 0. The van der Waals surface area contributed by atoms with Crippen molar-refractivity contribution in [2.24, 2.45) is 0 Å². The molecule has 4 aromatic rings. The molecule has 1 atom stereocenters. The number of ether oxygens (including phenoxy) is 2. The Kier molecular flexibility index (Phi) is 6.91.